The zero-order valence-electron chi connectivity index (χ0n) is 18.3. The van der Waals surface area contributed by atoms with E-state index in [-0.39, 0.29) is 12.5 Å². The highest BCUT2D eigenvalue weighted by Gasteiger charge is 2.19. The minimum Gasteiger partial charge on any atom is -0.387 e. The van der Waals surface area contributed by atoms with Gasteiger partial charge in [-0.3, -0.25) is 9.48 Å². The zero-order chi connectivity index (χ0) is 22.5. The molecule has 32 heavy (non-hydrogen) atoms. The van der Waals surface area contributed by atoms with E-state index in [0.717, 1.165) is 22.3 Å². The van der Waals surface area contributed by atoms with Gasteiger partial charge in [0, 0.05) is 18.3 Å². The van der Waals surface area contributed by atoms with Crippen LogP contribution in [0.5, 0.6) is 0 Å². The van der Waals surface area contributed by atoms with Crippen molar-refractivity contribution in [1.82, 2.24) is 15.1 Å². The van der Waals surface area contributed by atoms with Crippen molar-refractivity contribution in [2.75, 3.05) is 6.54 Å². The van der Waals surface area contributed by atoms with Gasteiger partial charge in [0.05, 0.1) is 18.2 Å². The summed E-state index contributed by atoms with van der Waals surface area (Å²) in [7, 11) is 0. The molecule has 0 bridgehead atoms. The first kappa shape index (κ1) is 21.5. The number of carbonyl (C=O) groups excluding carboxylic acids is 1. The van der Waals surface area contributed by atoms with Crippen LogP contribution >= 0.6 is 0 Å². The molecule has 1 amide bonds. The van der Waals surface area contributed by atoms with Crippen LogP contribution in [0, 0.1) is 13.8 Å². The van der Waals surface area contributed by atoms with Crippen molar-refractivity contribution >= 4 is 5.91 Å². The van der Waals surface area contributed by atoms with E-state index in [1.54, 1.807) is 10.9 Å². The summed E-state index contributed by atoms with van der Waals surface area (Å²) in [4.78, 5) is 13.1. The van der Waals surface area contributed by atoms with Gasteiger partial charge in [0.15, 0.2) is 0 Å². The first-order chi connectivity index (χ1) is 15.5. The number of amides is 1. The lowest BCUT2D eigenvalue weighted by molar-refractivity contribution is 0.0917. The third-order valence-corrected chi connectivity index (χ3v) is 5.44. The van der Waals surface area contributed by atoms with Crippen molar-refractivity contribution in [3.63, 3.8) is 0 Å². The van der Waals surface area contributed by atoms with E-state index in [2.05, 4.69) is 36.5 Å². The average molecular weight is 426 g/mol. The molecule has 0 radical (unpaired) electrons. The predicted molar refractivity (Wildman–Crippen MR) is 126 cm³/mol. The fraction of sp³-hybridized carbons (Fsp3) is 0.185. The summed E-state index contributed by atoms with van der Waals surface area (Å²) < 4.78 is 1.79. The number of benzene rings is 3. The van der Waals surface area contributed by atoms with Gasteiger partial charge < -0.3 is 10.4 Å². The van der Waals surface area contributed by atoms with Crippen molar-refractivity contribution in [3.8, 4) is 11.3 Å². The SMILES string of the molecule is Cc1ccc(Cn2cc(C(=O)NCC(O)c3ccccc3)c(-c3ccc(C)cc3)n2)cc1. The number of hydrogen-bond acceptors (Lipinski definition) is 3. The van der Waals surface area contributed by atoms with Crippen LogP contribution in [-0.2, 0) is 6.54 Å². The molecule has 3 aromatic carbocycles. The van der Waals surface area contributed by atoms with Gasteiger partial charge in [0.1, 0.15) is 5.69 Å². The van der Waals surface area contributed by atoms with E-state index >= 15 is 0 Å². The van der Waals surface area contributed by atoms with Crippen LogP contribution in [0.1, 0.15) is 38.7 Å². The molecular formula is C27H27N3O2. The van der Waals surface area contributed by atoms with E-state index in [1.807, 2.05) is 61.5 Å². The van der Waals surface area contributed by atoms with E-state index < -0.39 is 6.10 Å². The Morgan fingerprint density at radius 2 is 1.56 bits per heavy atom. The van der Waals surface area contributed by atoms with Crippen LogP contribution in [0.3, 0.4) is 0 Å². The topological polar surface area (TPSA) is 67.2 Å². The van der Waals surface area contributed by atoms with Crippen molar-refractivity contribution in [3.05, 3.63) is 113 Å². The molecule has 0 saturated heterocycles. The number of aryl methyl sites for hydroxylation is 2. The second-order valence-electron chi connectivity index (χ2n) is 8.08. The van der Waals surface area contributed by atoms with E-state index in [9.17, 15) is 9.90 Å². The van der Waals surface area contributed by atoms with Gasteiger partial charge in [-0.1, -0.05) is 90.0 Å². The molecule has 0 saturated carbocycles. The van der Waals surface area contributed by atoms with Gasteiger partial charge in [-0.2, -0.15) is 5.10 Å². The molecule has 1 heterocycles. The maximum atomic E-state index is 13.1. The Labute approximate surface area is 188 Å². The highest BCUT2D eigenvalue weighted by atomic mass is 16.3. The summed E-state index contributed by atoms with van der Waals surface area (Å²) in [6.07, 6.45) is 1.00. The van der Waals surface area contributed by atoms with E-state index in [4.69, 9.17) is 5.10 Å². The summed E-state index contributed by atoms with van der Waals surface area (Å²) in [5.41, 5.74) is 6.22. The molecule has 162 valence electrons. The van der Waals surface area contributed by atoms with Crippen LogP contribution in [0.25, 0.3) is 11.3 Å². The van der Waals surface area contributed by atoms with Crippen molar-refractivity contribution in [2.45, 2.75) is 26.5 Å². The highest BCUT2D eigenvalue weighted by molar-refractivity contribution is 5.99. The maximum absolute atomic E-state index is 13.1. The number of aliphatic hydroxyl groups excluding tert-OH is 1. The fourth-order valence-electron chi connectivity index (χ4n) is 3.55. The second kappa shape index (κ2) is 9.62. The molecule has 1 atom stereocenters. The molecule has 0 aliphatic heterocycles. The summed E-state index contributed by atoms with van der Waals surface area (Å²) in [6.45, 7) is 4.77. The van der Waals surface area contributed by atoms with Crippen LogP contribution < -0.4 is 5.32 Å². The molecule has 4 aromatic rings. The zero-order valence-corrected chi connectivity index (χ0v) is 18.3. The smallest absolute Gasteiger partial charge is 0.255 e. The van der Waals surface area contributed by atoms with Crippen LogP contribution in [0.2, 0.25) is 0 Å². The van der Waals surface area contributed by atoms with Crippen LogP contribution in [-0.4, -0.2) is 27.3 Å². The molecule has 5 heteroatoms. The van der Waals surface area contributed by atoms with E-state index in [0.29, 0.717) is 17.8 Å². The Morgan fingerprint density at radius 1 is 0.938 bits per heavy atom. The van der Waals surface area contributed by atoms with Crippen LogP contribution in [0.15, 0.2) is 85.1 Å². The third-order valence-electron chi connectivity index (χ3n) is 5.44. The Balaban J connectivity index is 1.58. The number of aromatic nitrogens is 2. The number of carbonyl (C=O) groups is 1. The summed E-state index contributed by atoms with van der Waals surface area (Å²) in [5, 5.41) is 18.0. The Kier molecular flexibility index (Phi) is 6.47. The van der Waals surface area contributed by atoms with Gasteiger partial charge >= 0.3 is 0 Å². The Bertz CT molecular complexity index is 1180. The summed E-state index contributed by atoms with van der Waals surface area (Å²) in [6, 6.07) is 25.5. The number of rotatable bonds is 7. The molecule has 0 fully saturated rings. The fourth-order valence-corrected chi connectivity index (χ4v) is 3.55. The Hall–Kier alpha value is -3.70. The molecule has 0 aliphatic rings. The van der Waals surface area contributed by atoms with Gasteiger partial charge in [-0.25, -0.2) is 0 Å². The number of aliphatic hydroxyl groups is 1. The summed E-state index contributed by atoms with van der Waals surface area (Å²) in [5.74, 6) is -0.259. The monoisotopic (exact) mass is 425 g/mol. The van der Waals surface area contributed by atoms with Gasteiger partial charge in [-0.05, 0) is 25.0 Å². The predicted octanol–water partition coefficient (Wildman–Crippen LogP) is 4.68. The molecule has 1 aromatic heterocycles. The van der Waals surface area contributed by atoms with Crippen molar-refractivity contribution in [1.29, 1.82) is 0 Å². The second-order valence-corrected chi connectivity index (χ2v) is 8.08. The number of hydrogen-bond donors (Lipinski definition) is 2. The first-order valence-electron chi connectivity index (χ1n) is 10.7. The van der Waals surface area contributed by atoms with Gasteiger partial charge in [0.25, 0.3) is 5.91 Å². The minimum absolute atomic E-state index is 0.124. The maximum Gasteiger partial charge on any atom is 0.255 e. The standard InChI is InChI=1S/C27H27N3O2/c1-19-8-12-21(13-9-19)17-30-18-24(26(29-30)23-14-10-20(2)11-15-23)27(32)28-16-25(31)22-6-4-3-5-7-22/h3-15,18,25,31H,16-17H2,1-2H3,(H,28,32). The molecule has 0 spiro atoms. The number of nitrogens with one attached hydrogen (secondary N) is 1. The molecule has 0 aliphatic carbocycles. The number of nitrogens with zero attached hydrogens (tertiary/aromatic N) is 2. The molecular weight excluding hydrogens is 398 g/mol. The van der Waals surface area contributed by atoms with Crippen molar-refractivity contribution < 1.29 is 9.90 Å². The summed E-state index contributed by atoms with van der Waals surface area (Å²) >= 11 is 0. The third kappa shape index (κ3) is 5.13. The highest BCUT2D eigenvalue weighted by Crippen LogP contribution is 2.23. The van der Waals surface area contributed by atoms with Crippen molar-refractivity contribution in [2.24, 2.45) is 0 Å². The lowest BCUT2D eigenvalue weighted by atomic mass is 10.1. The van der Waals surface area contributed by atoms with Gasteiger partial charge in [-0.15, -0.1) is 0 Å². The average Bonchev–Trinajstić information content (AvgIpc) is 3.23. The van der Waals surface area contributed by atoms with Crippen LogP contribution in [0.4, 0.5) is 0 Å². The lowest BCUT2D eigenvalue weighted by Crippen LogP contribution is -2.28. The lowest BCUT2D eigenvalue weighted by Gasteiger charge is -2.12. The molecule has 4 rings (SSSR count). The molecule has 2 N–H and O–H groups in total. The largest absolute Gasteiger partial charge is 0.387 e. The quantitative estimate of drug-likeness (QED) is 0.452. The Morgan fingerprint density at radius 3 is 2.22 bits per heavy atom. The minimum atomic E-state index is -0.773. The first-order valence-corrected chi connectivity index (χ1v) is 10.7. The molecule has 5 nitrogen and oxygen atoms in total. The molecule has 1 unspecified atom stereocenters. The van der Waals surface area contributed by atoms with Gasteiger partial charge in [0.2, 0.25) is 0 Å². The van der Waals surface area contributed by atoms with E-state index in [1.165, 1.54) is 5.56 Å². The normalized spacial score (nSPS) is 11.8.